The minimum atomic E-state index is -4.32. The van der Waals surface area contributed by atoms with Crippen LogP contribution in [0.3, 0.4) is 0 Å². The number of nitrogens with zero attached hydrogens (tertiary/aromatic N) is 2. The molecular formula is C16H13F3N2. The second kappa shape index (κ2) is 5.24. The molecule has 1 atom stereocenters. The average Bonchev–Trinajstić information content (AvgIpc) is 2.94. The topological polar surface area (TPSA) is 15.6 Å². The Balaban J connectivity index is 1.99. The van der Waals surface area contributed by atoms with E-state index >= 15 is 0 Å². The number of hydrazone groups is 1. The van der Waals surface area contributed by atoms with Crippen molar-refractivity contribution in [1.29, 1.82) is 0 Å². The van der Waals surface area contributed by atoms with Crippen LogP contribution in [0, 0.1) is 0 Å². The van der Waals surface area contributed by atoms with Gasteiger partial charge < -0.3 is 0 Å². The summed E-state index contributed by atoms with van der Waals surface area (Å²) < 4.78 is 39.8. The lowest BCUT2D eigenvalue weighted by molar-refractivity contribution is -0.145. The summed E-state index contributed by atoms with van der Waals surface area (Å²) in [7, 11) is 0. The van der Waals surface area contributed by atoms with Gasteiger partial charge >= 0.3 is 6.18 Å². The van der Waals surface area contributed by atoms with Crippen LogP contribution in [-0.2, 0) is 0 Å². The quantitative estimate of drug-likeness (QED) is 0.808. The first-order chi connectivity index (χ1) is 10.1. The van der Waals surface area contributed by atoms with Gasteiger partial charge in [-0.05, 0) is 17.7 Å². The average molecular weight is 290 g/mol. The fourth-order valence-electron chi connectivity index (χ4n) is 2.39. The van der Waals surface area contributed by atoms with Gasteiger partial charge in [-0.3, -0.25) is 5.01 Å². The van der Waals surface area contributed by atoms with E-state index in [-0.39, 0.29) is 6.42 Å². The van der Waals surface area contributed by atoms with Crippen LogP contribution in [0.5, 0.6) is 0 Å². The lowest BCUT2D eigenvalue weighted by Gasteiger charge is -2.25. The van der Waals surface area contributed by atoms with Crippen LogP contribution < -0.4 is 5.01 Å². The molecule has 0 saturated carbocycles. The Kier molecular flexibility index (Phi) is 3.41. The Hall–Kier alpha value is -2.30. The third kappa shape index (κ3) is 2.77. The van der Waals surface area contributed by atoms with E-state index in [4.69, 9.17) is 0 Å². The Labute approximate surface area is 120 Å². The van der Waals surface area contributed by atoms with Gasteiger partial charge in [0.15, 0.2) is 6.04 Å². The molecule has 0 amide bonds. The van der Waals surface area contributed by atoms with Gasteiger partial charge in [-0.2, -0.15) is 18.3 Å². The van der Waals surface area contributed by atoms with Crippen molar-refractivity contribution in [2.75, 3.05) is 5.01 Å². The summed E-state index contributed by atoms with van der Waals surface area (Å²) in [6, 6.07) is 15.8. The number of benzene rings is 2. The molecule has 3 rings (SSSR count). The van der Waals surface area contributed by atoms with E-state index in [1.54, 1.807) is 54.6 Å². The monoisotopic (exact) mass is 290 g/mol. The van der Waals surface area contributed by atoms with Crippen molar-refractivity contribution in [2.45, 2.75) is 18.6 Å². The summed E-state index contributed by atoms with van der Waals surface area (Å²) in [6.45, 7) is 0. The molecule has 0 N–H and O–H groups in total. The molecule has 0 spiro atoms. The van der Waals surface area contributed by atoms with Crippen molar-refractivity contribution >= 4 is 11.4 Å². The summed E-state index contributed by atoms with van der Waals surface area (Å²) in [5.41, 5.74) is 1.64. The minimum absolute atomic E-state index is 0.137. The van der Waals surface area contributed by atoms with Gasteiger partial charge in [0.05, 0.1) is 11.4 Å². The van der Waals surface area contributed by atoms with Gasteiger partial charge in [-0.15, -0.1) is 0 Å². The minimum Gasteiger partial charge on any atom is -0.253 e. The Bertz CT molecular complexity index is 636. The van der Waals surface area contributed by atoms with Crippen molar-refractivity contribution < 1.29 is 13.2 Å². The van der Waals surface area contributed by atoms with Crippen molar-refractivity contribution in [2.24, 2.45) is 5.10 Å². The molecule has 1 aliphatic rings. The highest BCUT2D eigenvalue weighted by Crippen LogP contribution is 2.36. The van der Waals surface area contributed by atoms with Crippen LogP contribution in [0.2, 0.25) is 0 Å². The van der Waals surface area contributed by atoms with Gasteiger partial charge in [0.2, 0.25) is 0 Å². The van der Waals surface area contributed by atoms with Gasteiger partial charge in [0.25, 0.3) is 0 Å². The highest BCUT2D eigenvalue weighted by atomic mass is 19.4. The number of hydrogen-bond donors (Lipinski definition) is 0. The van der Waals surface area contributed by atoms with E-state index in [1.807, 2.05) is 6.07 Å². The highest BCUT2D eigenvalue weighted by Gasteiger charge is 2.48. The lowest BCUT2D eigenvalue weighted by atomic mass is 10.0. The van der Waals surface area contributed by atoms with Gasteiger partial charge in [0.1, 0.15) is 0 Å². The van der Waals surface area contributed by atoms with Crippen molar-refractivity contribution in [1.82, 2.24) is 0 Å². The summed E-state index contributed by atoms with van der Waals surface area (Å²) in [6.07, 6.45) is -4.46. The van der Waals surface area contributed by atoms with Crippen molar-refractivity contribution in [3.05, 3.63) is 66.2 Å². The molecule has 108 valence electrons. The summed E-state index contributed by atoms with van der Waals surface area (Å²) in [5.74, 6) is 0. The first-order valence-electron chi connectivity index (χ1n) is 6.59. The normalized spacial score (nSPS) is 18.7. The van der Waals surface area contributed by atoms with Crippen LogP contribution in [-0.4, -0.2) is 17.9 Å². The Morgan fingerprint density at radius 1 is 0.905 bits per heavy atom. The fraction of sp³-hybridized carbons (Fsp3) is 0.188. The van der Waals surface area contributed by atoms with Crippen LogP contribution in [0.15, 0.2) is 65.8 Å². The fourth-order valence-corrected chi connectivity index (χ4v) is 2.39. The van der Waals surface area contributed by atoms with Gasteiger partial charge in [-0.1, -0.05) is 48.5 Å². The maximum atomic E-state index is 13.3. The van der Waals surface area contributed by atoms with Crippen molar-refractivity contribution in [3.8, 4) is 0 Å². The van der Waals surface area contributed by atoms with E-state index < -0.39 is 12.2 Å². The molecule has 0 aromatic heterocycles. The number of rotatable bonds is 2. The van der Waals surface area contributed by atoms with Crippen LogP contribution >= 0.6 is 0 Å². The largest absolute Gasteiger partial charge is 0.411 e. The number of alkyl halides is 3. The predicted octanol–water partition coefficient (Wildman–Crippen LogP) is 4.23. The second-order valence-electron chi connectivity index (χ2n) is 4.85. The first kappa shape index (κ1) is 13.7. The lowest BCUT2D eigenvalue weighted by Crippen LogP contribution is -2.40. The standard InChI is InChI=1S/C16H13F3N2/c17-16(18,19)15-11-14(12-7-3-1-4-8-12)20-21(15)13-9-5-2-6-10-13/h1-10,15H,11H2. The van der Waals surface area contributed by atoms with Gasteiger partial charge in [0, 0.05) is 6.42 Å². The van der Waals surface area contributed by atoms with Crippen LogP contribution in [0.1, 0.15) is 12.0 Å². The Morgan fingerprint density at radius 3 is 2.05 bits per heavy atom. The smallest absolute Gasteiger partial charge is 0.253 e. The molecule has 1 heterocycles. The molecule has 1 unspecified atom stereocenters. The van der Waals surface area contributed by atoms with E-state index in [9.17, 15) is 13.2 Å². The van der Waals surface area contributed by atoms with Crippen LogP contribution in [0.25, 0.3) is 0 Å². The maximum Gasteiger partial charge on any atom is 0.411 e. The molecule has 5 heteroatoms. The number of hydrogen-bond acceptors (Lipinski definition) is 2. The van der Waals surface area contributed by atoms with E-state index in [0.717, 1.165) is 10.6 Å². The molecule has 0 aliphatic carbocycles. The molecule has 0 saturated heterocycles. The molecule has 0 bridgehead atoms. The molecular weight excluding hydrogens is 277 g/mol. The van der Waals surface area contributed by atoms with Crippen LogP contribution in [0.4, 0.5) is 18.9 Å². The third-order valence-electron chi connectivity index (χ3n) is 3.42. The third-order valence-corrected chi connectivity index (χ3v) is 3.42. The highest BCUT2D eigenvalue weighted by molar-refractivity contribution is 6.03. The van der Waals surface area contributed by atoms with E-state index in [0.29, 0.717) is 11.4 Å². The first-order valence-corrected chi connectivity index (χ1v) is 6.59. The molecule has 2 nitrogen and oxygen atoms in total. The molecule has 0 fully saturated rings. The zero-order valence-corrected chi connectivity index (χ0v) is 11.1. The number of para-hydroxylation sites is 1. The SMILES string of the molecule is FC(F)(F)C1CC(c2ccccc2)=NN1c1ccccc1. The van der Waals surface area contributed by atoms with Crippen molar-refractivity contribution in [3.63, 3.8) is 0 Å². The molecule has 21 heavy (non-hydrogen) atoms. The van der Waals surface area contributed by atoms with E-state index in [1.165, 1.54) is 0 Å². The zero-order valence-electron chi connectivity index (χ0n) is 11.1. The van der Waals surface area contributed by atoms with E-state index in [2.05, 4.69) is 5.10 Å². The maximum absolute atomic E-state index is 13.3. The predicted molar refractivity (Wildman–Crippen MR) is 76.4 cm³/mol. The molecule has 0 radical (unpaired) electrons. The summed E-state index contributed by atoms with van der Waals surface area (Å²) >= 11 is 0. The Morgan fingerprint density at radius 2 is 1.48 bits per heavy atom. The second-order valence-corrected chi connectivity index (χ2v) is 4.85. The summed E-state index contributed by atoms with van der Waals surface area (Å²) in [4.78, 5) is 0. The number of halogens is 3. The van der Waals surface area contributed by atoms with Gasteiger partial charge in [-0.25, -0.2) is 0 Å². The molecule has 2 aromatic carbocycles. The number of anilines is 1. The summed E-state index contributed by atoms with van der Waals surface area (Å²) in [5, 5.41) is 5.28. The zero-order chi connectivity index (χ0) is 14.9. The molecule has 2 aromatic rings. The molecule has 1 aliphatic heterocycles.